The lowest BCUT2D eigenvalue weighted by atomic mass is 10.2. The average molecular weight is 494 g/mol. The van der Waals surface area contributed by atoms with Crippen molar-refractivity contribution < 1.29 is 14.3 Å². The number of carbonyl (C=O) groups excluding carboxylic acids is 1. The minimum absolute atomic E-state index is 0.462. The maximum atomic E-state index is 10.8. The Labute approximate surface area is 144 Å². The molecule has 0 heterocycles. The first-order valence-electron chi connectivity index (χ1n) is 5.84. The topological polar surface area (TPSA) is 35.5 Å². The zero-order valence-electron chi connectivity index (χ0n) is 10.7. The summed E-state index contributed by atoms with van der Waals surface area (Å²) in [6.45, 7) is 0.462. The van der Waals surface area contributed by atoms with Crippen LogP contribution in [0.2, 0.25) is 0 Å². The third kappa shape index (κ3) is 3.85. The van der Waals surface area contributed by atoms with E-state index in [1.807, 2.05) is 24.3 Å². The summed E-state index contributed by atoms with van der Waals surface area (Å²) in [6, 6.07) is 11.6. The maximum absolute atomic E-state index is 10.8. The first-order valence-corrected chi connectivity index (χ1v) is 7.99. The molecule has 0 aliphatic carbocycles. The molecular formula is C15H12I2O3. The van der Waals surface area contributed by atoms with E-state index in [1.54, 1.807) is 19.2 Å². The van der Waals surface area contributed by atoms with Gasteiger partial charge in [-0.1, -0.05) is 12.1 Å². The number of ether oxygens (including phenoxy) is 2. The monoisotopic (exact) mass is 494 g/mol. The summed E-state index contributed by atoms with van der Waals surface area (Å²) in [7, 11) is 1.57. The molecule has 104 valence electrons. The summed E-state index contributed by atoms with van der Waals surface area (Å²) in [5.41, 5.74) is 1.66. The molecule has 0 fully saturated rings. The molecule has 2 aromatic carbocycles. The molecular weight excluding hydrogens is 482 g/mol. The van der Waals surface area contributed by atoms with Crippen molar-refractivity contribution in [3.8, 4) is 11.5 Å². The largest absolute Gasteiger partial charge is 0.493 e. The molecule has 0 radical (unpaired) electrons. The van der Waals surface area contributed by atoms with Crippen molar-refractivity contribution in [2.24, 2.45) is 0 Å². The molecule has 0 spiro atoms. The average Bonchev–Trinajstić information content (AvgIpc) is 2.47. The molecule has 0 aromatic heterocycles. The van der Waals surface area contributed by atoms with Gasteiger partial charge in [-0.15, -0.1) is 0 Å². The van der Waals surface area contributed by atoms with Crippen LogP contribution in [0, 0.1) is 7.14 Å². The first kappa shape index (κ1) is 15.6. The van der Waals surface area contributed by atoms with E-state index in [-0.39, 0.29) is 0 Å². The van der Waals surface area contributed by atoms with Crippen LogP contribution in [0.5, 0.6) is 11.5 Å². The Morgan fingerprint density at radius 1 is 1.15 bits per heavy atom. The lowest BCUT2D eigenvalue weighted by molar-refractivity contribution is 0.112. The molecule has 5 heteroatoms. The van der Waals surface area contributed by atoms with Crippen LogP contribution in [0.1, 0.15) is 15.9 Å². The summed E-state index contributed by atoms with van der Waals surface area (Å²) in [5.74, 6) is 1.24. The van der Waals surface area contributed by atoms with E-state index in [0.717, 1.165) is 15.4 Å². The van der Waals surface area contributed by atoms with E-state index < -0.39 is 0 Å². The van der Waals surface area contributed by atoms with Crippen LogP contribution in [-0.4, -0.2) is 13.4 Å². The van der Waals surface area contributed by atoms with Gasteiger partial charge in [0.15, 0.2) is 11.5 Å². The fourth-order valence-corrected chi connectivity index (χ4v) is 2.82. The van der Waals surface area contributed by atoms with Gasteiger partial charge in [-0.3, -0.25) is 4.79 Å². The smallest absolute Gasteiger partial charge is 0.174 e. The molecule has 0 aliphatic rings. The number of aldehydes is 1. The summed E-state index contributed by atoms with van der Waals surface area (Å²) in [6.07, 6.45) is 0.799. The summed E-state index contributed by atoms with van der Waals surface area (Å²) in [4.78, 5) is 10.8. The highest BCUT2D eigenvalue weighted by Crippen LogP contribution is 2.34. The van der Waals surface area contributed by atoms with E-state index in [0.29, 0.717) is 23.7 Å². The second-order valence-electron chi connectivity index (χ2n) is 4.07. The Kier molecular flexibility index (Phi) is 5.64. The lowest BCUT2D eigenvalue weighted by Crippen LogP contribution is -2.00. The number of carbonyl (C=O) groups is 1. The van der Waals surface area contributed by atoms with Crippen LogP contribution in [0.3, 0.4) is 0 Å². The van der Waals surface area contributed by atoms with Gasteiger partial charge in [0.25, 0.3) is 0 Å². The molecule has 0 atom stereocenters. The van der Waals surface area contributed by atoms with Crippen LogP contribution in [0.25, 0.3) is 0 Å². The number of hydrogen-bond donors (Lipinski definition) is 0. The van der Waals surface area contributed by atoms with Crippen molar-refractivity contribution in [1.29, 1.82) is 0 Å². The molecule has 2 rings (SSSR count). The molecule has 0 aliphatic heterocycles. The number of benzene rings is 2. The van der Waals surface area contributed by atoms with Crippen LogP contribution >= 0.6 is 45.2 Å². The van der Waals surface area contributed by atoms with Crippen LogP contribution < -0.4 is 9.47 Å². The standard InChI is InChI=1S/C15H12I2O3/c1-19-14-7-11(8-18)6-13(17)15(14)20-9-10-2-4-12(16)5-3-10/h2-8H,9H2,1H3. The van der Waals surface area contributed by atoms with Crippen molar-refractivity contribution in [3.05, 3.63) is 54.7 Å². The molecule has 3 nitrogen and oxygen atoms in total. The Balaban J connectivity index is 2.20. The van der Waals surface area contributed by atoms with Gasteiger partial charge in [-0.2, -0.15) is 0 Å². The molecule has 0 saturated heterocycles. The molecule has 20 heavy (non-hydrogen) atoms. The minimum Gasteiger partial charge on any atom is -0.493 e. The van der Waals surface area contributed by atoms with Crippen molar-refractivity contribution in [2.45, 2.75) is 6.61 Å². The van der Waals surface area contributed by atoms with Crippen molar-refractivity contribution >= 4 is 51.5 Å². The zero-order chi connectivity index (χ0) is 14.5. The highest BCUT2D eigenvalue weighted by atomic mass is 127. The van der Waals surface area contributed by atoms with Gasteiger partial charge in [0.2, 0.25) is 0 Å². The quantitative estimate of drug-likeness (QED) is 0.460. The van der Waals surface area contributed by atoms with Gasteiger partial charge < -0.3 is 9.47 Å². The highest BCUT2D eigenvalue weighted by molar-refractivity contribution is 14.1. The lowest BCUT2D eigenvalue weighted by Gasteiger charge is -2.13. The summed E-state index contributed by atoms with van der Waals surface area (Å²) < 4.78 is 13.2. The number of hydrogen-bond acceptors (Lipinski definition) is 3. The van der Waals surface area contributed by atoms with Gasteiger partial charge in [-0.25, -0.2) is 0 Å². The molecule has 0 bridgehead atoms. The second-order valence-corrected chi connectivity index (χ2v) is 6.47. The van der Waals surface area contributed by atoms with Crippen molar-refractivity contribution in [1.82, 2.24) is 0 Å². The Hall–Kier alpha value is -0.830. The second kappa shape index (κ2) is 7.26. The predicted octanol–water partition coefficient (Wildman–Crippen LogP) is 4.30. The van der Waals surface area contributed by atoms with Gasteiger partial charge in [-0.05, 0) is 75.0 Å². The summed E-state index contributed by atoms with van der Waals surface area (Å²) >= 11 is 4.41. The van der Waals surface area contributed by atoms with Gasteiger partial charge >= 0.3 is 0 Å². The first-order chi connectivity index (χ1) is 9.63. The van der Waals surface area contributed by atoms with Crippen LogP contribution in [0.4, 0.5) is 0 Å². The van der Waals surface area contributed by atoms with Crippen LogP contribution in [-0.2, 0) is 6.61 Å². The van der Waals surface area contributed by atoms with E-state index in [2.05, 4.69) is 45.2 Å². The van der Waals surface area contributed by atoms with E-state index in [9.17, 15) is 4.79 Å². The number of methoxy groups -OCH3 is 1. The van der Waals surface area contributed by atoms with Crippen LogP contribution in [0.15, 0.2) is 36.4 Å². The van der Waals surface area contributed by atoms with E-state index in [4.69, 9.17) is 9.47 Å². The molecule has 0 unspecified atom stereocenters. The van der Waals surface area contributed by atoms with Crippen molar-refractivity contribution in [3.63, 3.8) is 0 Å². The minimum atomic E-state index is 0.462. The maximum Gasteiger partial charge on any atom is 0.174 e. The fourth-order valence-electron chi connectivity index (χ4n) is 1.68. The molecule has 0 saturated carbocycles. The zero-order valence-corrected chi connectivity index (χ0v) is 15.0. The van der Waals surface area contributed by atoms with Crippen molar-refractivity contribution in [2.75, 3.05) is 7.11 Å². The molecule has 0 amide bonds. The van der Waals surface area contributed by atoms with E-state index >= 15 is 0 Å². The fraction of sp³-hybridized carbons (Fsp3) is 0.133. The SMILES string of the molecule is COc1cc(C=O)cc(I)c1OCc1ccc(I)cc1. The third-order valence-corrected chi connectivity index (χ3v) is 4.20. The Bertz CT molecular complexity index is 609. The predicted molar refractivity (Wildman–Crippen MR) is 94.6 cm³/mol. The highest BCUT2D eigenvalue weighted by Gasteiger charge is 2.11. The Morgan fingerprint density at radius 3 is 2.45 bits per heavy atom. The number of halogens is 2. The third-order valence-electron chi connectivity index (χ3n) is 2.68. The molecule has 0 N–H and O–H groups in total. The van der Waals surface area contributed by atoms with Gasteiger partial charge in [0, 0.05) is 9.13 Å². The summed E-state index contributed by atoms with van der Waals surface area (Å²) in [5, 5.41) is 0. The van der Waals surface area contributed by atoms with E-state index in [1.165, 1.54) is 3.57 Å². The number of rotatable bonds is 5. The normalized spacial score (nSPS) is 10.2. The Morgan fingerprint density at radius 2 is 1.85 bits per heavy atom. The molecule has 2 aromatic rings. The van der Waals surface area contributed by atoms with Gasteiger partial charge in [0.1, 0.15) is 12.9 Å². The van der Waals surface area contributed by atoms with Gasteiger partial charge in [0.05, 0.1) is 10.7 Å².